The summed E-state index contributed by atoms with van der Waals surface area (Å²) < 4.78 is 13.0. The second-order valence-electron chi connectivity index (χ2n) is 7.31. The molecule has 4 nitrogen and oxygen atoms in total. The maximum absolute atomic E-state index is 6.43. The summed E-state index contributed by atoms with van der Waals surface area (Å²) in [7, 11) is 0. The van der Waals surface area contributed by atoms with Crippen molar-refractivity contribution in [2.45, 2.75) is 25.6 Å². The van der Waals surface area contributed by atoms with E-state index in [9.17, 15) is 0 Å². The Labute approximate surface area is 189 Å². The molecule has 6 heteroatoms. The molecule has 2 atom stereocenters. The number of halogens is 2. The smallest absolute Gasteiger partial charge is 0.213 e. The number of nitrogens with zero attached hydrogens (tertiary/aromatic N) is 2. The molecule has 0 spiro atoms. The van der Waals surface area contributed by atoms with Crippen molar-refractivity contribution >= 4 is 33.2 Å². The van der Waals surface area contributed by atoms with E-state index in [1.165, 1.54) is 0 Å². The molecule has 0 amide bonds. The highest BCUT2D eigenvalue weighted by molar-refractivity contribution is 9.10. The molecular weight excluding hydrogens is 464 g/mol. The Hall–Kier alpha value is -2.50. The van der Waals surface area contributed by atoms with Gasteiger partial charge in [0.2, 0.25) is 6.23 Å². The largest absolute Gasteiger partial charge is 0.494 e. The molecule has 3 aromatic carbocycles. The van der Waals surface area contributed by atoms with Gasteiger partial charge in [-0.25, -0.2) is 5.01 Å². The van der Waals surface area contributed by atoms with Crippen molar-refractivity contribution in [1.29, 1.82) is 0 Å². The number of hydrogen-bond donors (Lipinski definition) is 0. The van der Waals surface area contributed by atoms with Crippen molar-refractivity contribution in [3.8, 4) is 11.5 Å². The van der Waals surface area contributed by atoms with Gasteiger partial charge in [0, 0.05) is 27.0 Å². The van der Waals surface area contributed by atoms with E-state index in [1.54, 1.807) is 0 Å². The van der Waals surface area contributed by atoms with Crippen molar-refractivity contribution in [3.05, 3.63) is 92.9 Å². The van der Waals surface area contributed by atoms with E-state index < -0.39 is 0 Å². The third kappa shape index (κ3) is 3.57. The molecule has 2 aliphatic rings. The molecular formula is C24H20BrClN2O2. The SMILES string of the molecule is CCOc1ccc([C@H]2Oc3ccc(Br)cc3[C@@H]3CC(c4ccc(Cl)cc4)=NN23)cc1. The van der Waals surface area contributed by atoms with E-state index in [4.69, 9.17) is 26.2 Å². The van der Waals surface area contributed by atoms with Crippen LogP contribution in [-0.2, 0) is 0 Å². The van der Waals surface area contributed by atoms with Crippen LogP contribution in [0.15, 0.2) is 76.3 Å². The lowest BCUT2D eigenvalue weighted by Gasteiger charge is -2.38. The highest BCUT2D eigenvalue weighted by Gasteiger charge is 2.41. The molecule has 0 saturated heterocycles. The zero-order valence-electron chi connectivity index (χ0n) is 16.4. The maximum atomic E-state index is 6.43. The Morgan fingerprint density at radius 2 is 1.87 bits per heavy atom. The summed E-state index contributed by atoms with van der Waals surface area (Å²) in [6.45, 7) is 2.62. The summed E-state index contributed by atoms with van der Waals surface area (Å²) in [5.41, 5.74) is 4.29. The molecule has 0 saturated carbocycles. The Morgan fingerprint density at radius 3 is 2.60 bits per heavy atom. The van der Waals surface area contributed by atoms with Crippen LogP contribution in [0.2, 0.25) is 5.02 Å². The minimum atomic E-state index is -0.302. The second-order valence-corrected chi connectivity index (χ2v) is 8.66. The van der Waals surface area contributed by atoms with Crippen LogP contribution >= 0.6 is 27.5 Å². The summed E-state index contributed by atoms with van der Waals surface area (Å²) in [6, 6.07) is 22.2. The van der Waals surface area contributed by atoms with Gasteiger partial charge in [-0.05, 0) is 67.1 Å². The van der Waals surface area contributed by atoms with E-state index in [0.29, 0.717) is 6.61 Å². The predicted octanol–water partition coefficient (Wildman–Crippen LogP) is 6.74. The van der Waals surface area contributed by atoms with Crippen molar-refractivity contribution < 1.29 is 9.47 Å². The van der Waals surface area contributed by atoms with Crippen molar-refractivity contribution in [1.82, 2.24) is 5.01 Å². The lowest BCUT2D eigenvalue weighted by molar-refractivity contribution is -0.0191. The van der Waals surface area contributed by atoms with E-state index in [-0.39, 0.29) is 12.3 Å². The van der Waals surface area contributed by atoms with Crippen molar-refractivity contribution in [2.24, 2.45) is 5.10 Å². The molecule has 2 aliphatic heterocycles. The van der Waals surface area contributed by atoms with Crippen molar-refractivity contribution in [2.75, 3.05) is 6.61 Å². The second kappa shape index (κ2) is 7.97. The number of ether oxygens (including phenoxy) is 2. The Bertz CT molecular complexity index is 1100. The molecule has 3 aromatic rings. The topological polar surface area (TPSA) is 34.1 Å². The van der Waals surface area contributed by atoms with Crippen LogP contribution in [0.4, 0.5) is 0 Å². The van der Waals surface area contributed by atoms with Gasteiger partial charge in [-0.15, -0.1) is 0 Å². The van der Waals surface area contributed by atoms with Gasteiger partial charge >= 0.3 is 0 Å². The highest BCUT2D eigenvalue weighted by Crippen LogP contribution is 2.48. The van der Waals surface area contributed by atoms with Crippen LogP contribution in [0, 0.1) is 0 Å². The van der Waals surface area contributed by atoms with Gasteiger partial charge in [0.05, 0.1) is 18.4 Å². The van der Waals surface area contributed by atoms with Gasteiger partial charge in [0.15, 0.2) is 0 Å². The first kappa shape index (κ1) is 19.5. The summed E-state index contributed by atoms with van der Waals surface area (Å²) in [5.74, 6) is 1.75. The number of hydrogen-bond acceptors (Lipinski definition) is 4. The molecule has 2 heterocycles. The molecule has 0 radical (unpaired) electrons. The average molecular weight is 484 g/mol. The van der Waals surface area contributed by atoms with Gasteiger partial charge in [0.1, 0.15) is 11.5 Å². The van der Waals surface area contributed by atoms with Crippen LogP contribution in [0.3, 0.4) is 0 Å². The summed E-state index contributed by atoms with van der Waals surface area (Å²) >= 11 is 9.68. The first-order chi connectivity index (χ1) is 14.6. The minimum Gasteiger partial charge on any atom is -0.494 e. The third-order valence-corrected chi connectivity index (χ3v) is 6.15. The fourth-order valence-corrected chi connectivity index (χ4v) is 4.49. The van der Waals surface area contributed by atoms with Crippen LogP contribution in [0.5, 0.6) is 11.5 Å². The number of hydrazone groups is 1. The molecule has 0 aliphatic carbocycles. The zero-order valence-corrected chi connectivity index (χ0v) is 18.7. The van der Waals surface area contributed by atoms with E-state index in [1.807, 2.05) is 67.6 Å². The van der Waals surface area contributed by atoms with E-state index in [0.717, 1.165) is 49.8 Å². The Kier molecular flexibility index (Phi) is 5.17. The van der Waals surface area contributed by atoms with Gasteiger partial charge in [-0.1, -0.05) is 39.7 Å². The molecule has 30 heavy (non-hydrogen) atoms. The fourth-order valence-electron chi connectivity index (χ4n) is 3.99. The van der Waals surface area contributed by atoms with Crippen LogP contribution < -0.4 is 9.47 Å². The first-order valence-corrected chi connectivity index (χ1v) is 11.1. The minimum absolute atomic E-state index is 0.105. The van der Waals surface area contributed by atoms with Gasteiger partial charge < -0.3 is 9.47 Å². The predicted molar refractivity (Wildman–Crippen MR) is 122 cm³/mol. The number of benzene rings is 3. The molecule has 152 valence electrons. The lowest BCUT2D eigenvalue weighted by Crippen LogP contribution is -2.33. The van der Waals surface area contributed by atoms with E-state index >= 15 is 0 Å². The normalized spacial score (nSPS) is 19.6. The standard InChI is InChI=1S/C24H20BrClN2O2/c1-2-29-19-10-5-16(6-11-19)24-28-22(20-13-17(25)7-12-23(20)30-24)14-21(27-28)15-3-8-18(26)9-4-15/h3-13,22,24H,2,14H2,1H3/t22-,24+/m0/s1. The summed E-state index contributed by atoms with van der Waals surface area (Å²) in [5, 5.41) is 7.79. The Morgan fingerprint density at radius 1 is 1.10 bits per heavy atom. The molecule has 0 N–H and O–H groups in total. The summed E-state index contributed by atoms with van der Waals surface area (Å²) in [6.07, 6.45) is 0.506. The molecule has 0 unspecified atom stereocenters. The van der Waals surface area contributed by atoms with Crippen LogP contribution in [-0.4, -0.2) is 17.3 Å². The van der Waals surface area contributed by atoms with E-state index in [2.05, 4.69) is 27.0 Å². The van der Waals surface area contributed by atoms with Gasteiger partial charge in [-0.3, -0.25) is 0 Å². The first-order valence-electron chi connectivity index (χ1n) is 9.93. The average Bonchev–Trinajstić information content (AvgIpc) is 3.20. The fraction of sp³-hybridized carbons (Fsp3) is 0.208. The molecule has 0 fully saturated rings. The Balaban J connectivity index is 1.55. The monoisotopic (exact) mass is 482 g/mol. The number of rotatable bonds is 4. The molecule has 5 rings (SSSR count). The highest BCUT2D eigenvalue weighted by atomic mass is 79.9. The third-order valence-electron chi connectivity index (χ3n) is 5.41. The molecule has 0 bridgehead atoms. The quantitative estimate of drug-likeness (QED) is 0.412. The lowest BCUT2D eigenvalue weighted by atomic mass is 9.96. The molecule has 0 aromatic heterocycles. The summed E-state index contributed by atoms with van der Waals surface area (Å²) in [4.78, 5) is 0. The number of fused-ring (bicyclic) bond motifs is 3. The van der Waals surface area contributed by atoms with Crippen LogP contribution in [0.1, 0.15) is 42.3 Å². The maximum Gasteiger partial charge on any atom is 0.213 e. The van der Waals surface area contributed by atoms with Crippen LogP contribution in [0.25, 0.3) is 0 Å². The van der Waals surface area contributed by atoms with Gasteiger partial charge in [0.25, 0.3) is 0 Å². The van der Waals surface area contributed by atoms with Gasteiger partial charge in [-0.2, -0.15) is 5.10 Å². The van der Waals surface area contributed by atoms with Crippen molar-refractivity contribution in [3.63, 3.8) is 0 Å². The zero-order chi connectivity index (χ0) is 20.7.